The highest BCUT2D eigenvalue weighted by Crippen LogP contribution is 2.10. The van der Waals surface area contributed by atoms with Gasteiger partial charge in [0.05, 0.1) is 6.04 Å². The van der Waals surface area contributed by atoms with Crippen molar-refractivity contribution in [2.24, 2.45) is 5.73 Å². The predicted molar refractivity (Wildman–Crippen MR) is 57.8 cm³/mol. The Hall–Kier alpha value is -1.48. The van der Waals surface area contributed by atoms with Crippen molar-refractivity contribution in [2.75, 3.05) is 0 Å². The molecule has 0 bridgehead atoms. The number of carbonyl (C=O) groups is 1. The van der Waals surface area contributed by atoms with E-state index in [1.165, 1.54) is 0 Å². The molecule has 2 N–H and O–H groups in total. The third-order valence-corrected chi connectivity index (χ3v) is 2.17. The van der Waals surface area contributed by atoms with E-state index in [9.17, 15) is 4.79 Å². The van der Waals surface area contributed by atoms with Gasteiger partial charge in [0.15, 0.2) is 0 Å². The van der Waals surface area contributed by atoms with Gasteiger partial charge in [-0.05, 0) is 24.1 Å². The quantitative estimate of drug-likeness (QED) is 0.471. The highest BCUT2D eigenvalue weighted by molar-refractivity contribution is 6.30. The lowest BCUT2D eigenvalue weighted by molar-refractivity contribution is -0.117. The average molecular weight is 224 g/mol. The fourth-order valence-electron chi connectivity index (χ4n) is 1.13. The summed E-state index contributed by atoms with van der Waals surface area (Å²) in [7, 11) is 0. The fraction of sp³-hybridized carbons (Fsp3) is 0.200. The number of carbonyl (C=O) groups excluding carboxylic acids is 1. The number of hydrogen-bond acceptors (Lipinski definition) is 2. The second kappa shape index (κ2) is 5.41. The molecule has 15 heavy (non-hydrogen) atoms. The van der Waals surface area contributed by atoms with Crippen molar-refractivity contribution < 1.29 is 9.58 Å². The van der Waals surface area contributed by atoms with Gasteiger partial charge >= 0.3 is 6.21 Å². The minimum Gasteiger partial charge on any atom is -0.361 e. The molecule has 1 rings (SSSR count). The Labute approximate surface area is 92.3 Å². The van der Waals surface area contributed by atoms with Crippen LogP contribution in [0, 0.1) is 0 Å². The Bertz CT molecular complexity index is 396. The van der Waals surface area contributed by atoms with Crippen LogP contribution < -0.4 is 5.73 Å². The summed E-state index contributed by atoms with van der Waals surface area (Å²) in [6.07, 6.45) is 1.20. The minimum atomic E-state index is -0.693. The minimum absolute atomic E-state index is 0.391. The van der Waals surface area contributed by atoms with E-state index < -0.39 is 11.8 Å². The van der Waals surface area contributed by atoms with E-state index in [-0.39, 0.29) is 0 Å². The zero-order valence-electron chi connectivity index (χ0n) is 7.93. The van der Waals surface area contributed by atoms with Crippen LogP contribution in [0.1, 0.15) is 5.56 Å². The molecule has 0 aliphatic carbocycles. The van der Waals surface area contributed by atoms with Gasteiger partial charge in [0.25, 0.3) is 5.78 Å². The summed E-state index contributed by atoms with van der Waals surface area (Å²) in [6, 6.07) is 6.36. The Morgan fingerprint density at radius 1 is 1.53 bits per heavy atom. The summed E-state index contributed by atoms with van der Waals surface area (Å²) in [5.74, 6) is -0.410. The molecule has 0 heterocycles. The number of halogens is 1. The van der Waals surface area contributed by atoms with Crippen molar-refractivity contribution in [3.8, 4) is 0 Å². The van der Waals surface area contributed by atoms with Gasteiger partial charge in [0, 0.05) is 5.02 Å². The van der Waals surface area contributed by atoms with E-state index in [2.05, 4.69) is 4.79 Å². The Kier molecular flexibility index (Phi) is 4.18. The van der Waals surface area contributed by atoms with Crippen molar-refractivity contribution >= 4 is 23.6 Å². The van der Waals surface area contributed by atoms with Gasteiger partial charge < -0.3 is 11.3 Å². The molecule has 0 aliphatic rings. The molecule has 1 aromatic carbocycles. The van der Waals surface area contributed by atoms with Crippen LogP contribution in [-0.4, -0.2) is 22.8 Å². The van der Waals surface area contributed by atoms with Gasteiger partial charge in [-0.15, -0.1) is 0 Å². The summed E-state index contributed by atoms with van der Waals surface area (Å²) in [4.78, 5) is 13.8. The first-order valence-corrected chi connectivity index (χ1v) is 4.72. The van der Waals surface area contributed by atoms with Crippen LogP contribution in [0.2, 0.25) is 5.02 Å². The largest absolute Gasteiger partial charge is 0.361 e. The first-order chi connectivity index (χ1) is 7.13. The lowest BCUT2D eigenvalue weighted by Gasteiger charge is -2.05. The van der Waals surface area contributed by atoms with Crippen molar-refractivity contribution in [2.45, 2.75) is 12.5 Å². The van der Waals surface area contributed by atoms with Crippen LogP contribution in [0.5, 0.6) is 0 Å². The van der Waals surface area contributed by atoms with Crippen molar-refractivity contribution in [3.05, 3.63) is 40.4 Å². The van der Waals surface area contributed by atoms with Gasteiger partial charge in [-0.25, -0.2) is 0 Å². The number of hydrogen-bond donors (Lipinski definition) is 1. The first-order valence-electron chi connectivity index (χ1n) is 4.35. The molecule has 4 nitrogen and oxygen atoms in total. The predicted octanol–water partition coefficient (Wildman–Crippen LogP) is 1.08. The second-order valence-electron chi connectivity index (χ2n) is 3.08. The second-order valence-corrected chi connectivity index (χ2v) is 3.52. The standard InChI is InChI=1S/C10H10ClN3O/c11-8-3-1-7(2-4-8)5-9(12)10(15)6-14-13/h1-4,6,9H,5,12H2/t9-/m0/s1. The Morgan fingerprint density at radius 3 is 2.67 bits per heavy atom. The van der Waals surface area contributed by atoms with Crippen molar-refractivity contribution in [1.82, 2.24) is 0 Å². The van der Waals surface area contributed by atoms with Crippen LogP contribution in [0.25, 0.3) is 5.53 Å². The zero-order valence-corrected chi connectivity index (χ0v) is 8.69. The summed E-state index contributed by atoms with van der Waals surface area (Å²) < 4.78 is 0. The van der Waals surface area contributed by atoms with E-state index in [4.69, 9.17) is 22.9 Å². The molecule has 0 fully saturated rings. The maximum absolute atomic E-state index is 11.2. The van der Waals surface area contributed by atoms with Gasteiger partial charge in [0.2, 0.25) is 0 Å². The van der Waals surface area contributed by atoms with E-state index in [1.54, 1.807) is 24.3 Å². The molecule has 0 unspecified atom stereocenters. The summed E-state index contributed by atoms with van der Waals surface area (Å²) in [5.41, 5.74) is 14.7. The van der Waals surface area contributed by atoms with Gasteiger partial charge in [-0.2, -0.15) is 4.79 Å². The van der Waals surface area contributed by atoms with E-state index in [0.29, 0.717) is 11.4 Å². The number of nitrogens with two attached hydrogens (primary N) is 1. The van der Waals surface area contributed by atoms with Crippen molar-refractivity contribution in [3.63, 3.8) is 0 Å². The van der Waals surface area contributed by atoms with Gasteiger partial charge in [-0.1, -0.05) is 23.7 Å². The lowest BCUT2D eigenvalue weighted by Crippen LogP contribution is -2.33. The molecule has 0 amide bonds. The molecule has 0 aliphatic heterocycles. The molecular formula is C10H10ClN3O. The lowest BCUT2D eigenvalue weighted by atomic mass is 10.0. The summed E-state index contributed by atoms with van der Waals surface area (Å²) >= 11 is 5.71. The highest BCUT2D eigenvalue weighted by Gasteiger charge is 2.15. The molecular weight excluding hydrogens is 214 g/mol. The van der Waals surface area contributed by atoms with E-state index in [1.807, 2.05) is 0 Å². The van der Waals surface area contributed by atoms with Gasteiger partial charge in [0.1, 0.15) is 0 Å². The van der Waals surface area contributed by atoms with Crippen LogP contribution in [0.3, 0.4) is 0 Å². The van der Waals surface area contributed by atoms with Crippen LogP contribution in [0.4, 0.5) is 0 Å². The molecule has 1 atom stereocenters. The number of rotatable bonds is 4. The number of ketones is 1. The smallest absolute Gasteiger partial charge is 0.324 e. The van der Waals surface area contributed by atoms with E-state index >= 15 is 0 Å². The fourth-order valence-corrected chi connectivity index (χ4v) is 1.25. The number of benzene rings is 1. The van der Waals surface area contributed by atoms with E-state index in [0.717, 1.165) is 11.8 Å². The normalized spacial score (nSPS) is 11.6. The van der Waals surface area contributed by atoms with Gasteiger partial charge in [-0.3, -0.25) is 4.79 Å². The third-order valence-electron chi connectivity index (χ3n) is 1.92. The topological polar surface area (TPSA) is 79.5 Å². The maximum Gasteiger partial charge on any atom is 0.324 e. The zero-order chi connectivity index (χ0) is 11.3. The molecule has 0 saturated heterocycles. The molecule has 0 spiro atoms. The van der Waals surface area contributed by atoms with Crippen LogP contribution in [0.15, 0.2) is 24.3 Å². The molecule has 0 radical (unpaired) electrons. The summed E-state index contributed by atoms with van der Waals surface area (Å²) in [5, 5.41) is 0.635. The molecule has 5 heteroatoms. The average Bonchev–Trinajstić information content (AvgIpc) is 2.22. The molecule has 0 aromatic heterocycles. The monoisotopic (exact) mass is 223 g/mol. The Balaban J connectivity index is 2.65. The first kappa shape index (κ1) is 11.6. The number of nitrogens with zero attached hydrogens (tertiary/aromatic N) is 2. The summed E-state index contributed by atoms with van der Waals surface area (Å²) in [6.45, 7) is 0. The molecule has 0 saturated carbocycles. The number of Topliss-reactive ketones (excluding diaryl/α,β-unsaturated/α-hetero) is 1. The third kappa shape index (κ3) is 3.64. The Morgan fingerprint density at radius 2 is 2.13 bits per heavy atom. The maximum atomic E-state index is 11.2. The SMILES string of the molecule is [N-]=[N+]=CC(=O)[C@@H](N)Cc1ccc(Cl)cc1. The highest BCUT2D eigenvalue weighted by atomic mass is 35.5. The van der Waals surface area contributed by atoms with Crippen molar-refractivity contribution in [1.29, 1.82) is 0 Å². The van der Waals surface area contributed by atoms with Crippen LogP contribution >= 0.6 is 11.6 Å². The molecule has 78 valence electrons. The molecule has 1 aromatic rings. The van der Waals surface area contributed by atoms with Crippen LogP contribution in [-0.2, 0) is 11.2 Å².